The lowest BCUT2D eigenvalue weighted by atomic mass is 10.2. The van der Waals surface area contributed by atoms with E-state index in [-0.39, 0.29) is 17.4 Å². The Bertz CT molecular complexity index is 976. The number of hydrogen-bond donors (Lipinski definition) is 2. The van der Waals surface area contributed by atoms with E-state index in [1.807, 2.05) is 0 Å². The molecule has 2 N–H and O–H groups in total. The molecule has 3 aromatic rings. The van der Waals surface area contributed by atoms with Crippen LogP contribution in [-0.4, -0.2) is 24.1 Å². The summed E-state index contributed by atoms with van der Waals surface area (Å²) < 4.78 is 24.2. The summed E-state index contributed by atoms with van der Waals surface area (Å²) in [6, 6.07) is 14.6. The molecule has 6 nitrogen and oxygen atoms in total. The number of carbonyl (C=O) groups excluding carboxylic acids is 1. The van der Waals surface area contributed by atoms with Crippen molar-refractivity contribution in [2.24, 2.45) is 0 Å². The number of ether oxygens (including phenoxy) is 2. The molecule has 0 fully saturated rings. The van der Waals surface area contributed by atoms with Crippen LogP contribution in [0.2, 0.25) is 0 Å². The Morgan fingerprint density at radius 1 is 0.926 bits per heavy atom. The molecule has 1 amide bonds. The molecular formula is C20H16FN3O3. The fourth-order valence-electron chi connectivity index (χ4n) is 2.65. The van der Waals surface area contributed by atoms with E-state index in [1.54, 1.807) is 42.5 Å². The zero-order valence-electron chi connectivity index (χ0n) is 14.2. The van der Waals surface area contributed by atoms with Crippen molar-refractivity contribution in [3.05, 3.63) is 72.3 Å². The molecule has 136 valence electrons. The molecule has 1 aliphatic heterocycles. The van der Waals surface area contributed by atoms with Crippen LogP contribution in [0.4, 0.5) is 21.5 Å². The van der Waals surface area contributed by atoms with Gasteiger partial charge in [-0.15, -0.1) is 0 Å². The summed E-state index contributed by atoms with van der Waals surface area (Å²) in [7, 11) is 0. The van der Waals surface area contributed by atoms with Crippen molar-refractivity contribution in [1.29, 1.82) is 0 Å². The fraction of sp³-hybridized carbons (Fsp3) is 0.100. The van der Waals surface area contributed by atoms with Gasteiger partial charge < -0.3 is 20.1 Å². The van der Waals surface area contributed by atoms with Crippen LogP contribution in [0.25, 0.3) is 0 Å². The average molecular weight is 365 g/mol. The molecule has 7 heteroatoms. The molecule has 4 rings (SSSR count). The van der Waals surface area contributed by atoms with Gasteiger partial charge >= 0.3 is 0 Å². The molecule has 0 atom stereocenters. The zero-order chi connectivity index (χ0) is 18.6. The van der Waals surface area contributed by atoms with Crippen LogP contribution >= 0.6 is 0 Å². The molecule has 2 aromatic carbocycles. The molecular weight excluding hydrogens is 349 g/mol. The highest BCUT2D eigenvalue weighted by atomic mass is 19.1. The average Bonchev–Trinajstić information content (AvgIpc) is 2.68. The van der Waals surface area contributed by atoms with Gasteiger partial charge in [0.05, 0.1) is 11.9 Å². The Morgan fingerprint density at radius 3 is 2.52 bits per heavy atom. The highest BCUT2D eigenvalue weighted by molar-refractivity contribution is 6.03. The molecule has 0 spiro atoms. The van der Waals surface area contributed by atoms with Crippen LogP contribution in [0.5, 0.6) is 11.5 Å². The van der Waals surface area contributed by atoms with Gasteiger partial charge in [-0.3, -0.25) is 4.79 Å². The summed E-state index contributed by atoms with van der Waals surface area (Å²) in [4.78, 5) is 16.5. The number of nitrogens with one attached hydrogen (secondary N) is 2. The molecule has 0 saturated carbocycles. The van der Waals surface area contributed by atoms with E-state index in [0.717, 1.165) is 0 Å². The number of amides is 1. The van der Waals surface area contributed by atoms with Crippen molar-refractivity contribution >= 4 is 23.0 Å². The fourth-order valence-corrected chi connectivity index (χ4v) is 2.65. The van der Waals surface area contributed by atoms with Gasteiger partial charge in [0.2, 0.25) is 0 Å². The first kappa shape index (κ1) is 16.8. The lowest BCUT2D eigenvalue weighted by Crippen LogP contribution is -2.17. The SMILES string of the molecule is O=C(Nc1ccc2c(c1)OCCO2)c1ccc(Nc2cccc(F)c2)cn1. The number of nitrogens with zero attached hydrogens (tertiary/aromatic N) is 1. The van der Waals surface area contributed by atoms with E-state index < -0.39 is 0 Å². The van der Waals surface area contributed by atoms with Crippen LogP contribution in [0, 0.1) is 5.82 Å². The standard InChI is InChI=1S/C20H16FN3O3/c21-13-2-1-3-14(10-13)23-16-4-6-17(22-12-16)20(25)24-15-5-7-18-19(11-15)27-9-8-26-18/h1-7,10-12,23H,8-9H2,(H,24,25). The minimum Gasteiger partial charge on any atom is -0.486 e. The Kier molecular flexibility index (Phi) is 4.57. The molecule has 1 aromatic heterocycles. The van der Waals surface area contributed by atoms with Crippen molar-refractivity contribution in [2.75, 3.05) is 23.8 Å². The van der Waals surface area contributed by atoms with Crippen LogP contribution in [0.1, 0.15) is 10.5 Å². The van der Waals surface area contributed by atoms with Gasteiger partial charge in [-0.2, -0.15) is 0 Å². The van der Waals surface area contributed by atoms with E-state index in [1.165, 1.54) is 18.3 Å². The largest absolute Gasteiger partial charge is 0.486 e. The maximum atomic E-state index is 13.2. The first-order chi connectivity index (χ1) is 13.2. The van der Waals surface area contributed by atoms with Gasteiger partial charge in [0, 0.05) is 17.4 Å². The third kappa shape index (κ3) is 3.98. The Morgan fingerprint density at radius 2 is 1.74 bits per heavy atom. The summed E-state index contributed by atoms with van der Waals surface area (Å²) in [5.41, 5.74) is 2.10. The number of pyridine rings is 1. The normalized spacial score (nSPS) is 12.3. The third-order valence-electron chi connectivity index (χ3n) is 3.91. The van der Waals surface area contributed by atoms with Crippen LogP contribution in [-0.2, 0) is 0 Å². The molecule has 0 aliphatic carbocycles. The van der Waals surface area contributed by atoms with Gasteiger partial charge in [-0.1, -0.05) is 6.07 Å². The van der Waals surface area contributed by atoms with Gasteiger partial charge in [-0.05, 0) is 42.5 Å². The van der Waals surface area contributed by atoms with Crippen molar-refractivity contribution < 1.29 is 18.7 Å². The van der Waals surface area contributed by atoms with E-state index in [2.05, 4.69) is 15.6 Å². The second-order valence-electron chi connectivity index (χ2n) is 5.88. The number of halogens is 1. The van der Waals surface area contributed by atoms with Gasteiger partial charge in [0.15, 0.2) is 11.5 Å². The summed E-state index contributed by atoms with van der Waals surface area (Å²) in [6.07, 6.45) is 1.52. The predicted molar refractivity (Wildman–Crippen MR) is 99.3 cm³/mol. The van der Waals surface area contributed by atoms with Crippen molar-refractivity contribution in [3.63, 3.8) is 0 Å². The minimum absolute atomic E-state index is 0.259. The number of benzene rings is 2. The number of fused-ring (bicyclic) bond motifs is 1. The highest BCUT2D eigenvalue weighted by Gasteiger charge is 2.14. The highest BCUT2D eigenvalue weighted by Crippen LogP contribution is 2.32. The Hall–Kier alpha value is -3.61. The molecule has 0 radical (unpaired) electrons. The Balaban J connectivity index is 1.43. The van der Waals surface area contributed by atoms with E-state index >= 15 is 0 Å². The van der Waals surface area contributed by atoms with Crippen molar-refractivity contribution in [3.8, 4) is 11.5 Å². The maximum Gasteiger partial charge on any atom is 0.274 e. The molecule has 0 bridgehead atoms. The van der Waals surface area contributed by atoms with Gasteiger partial charge in [-0.25, -0.2) is 9.37 Å². The summed E-state index contributed by atoms with van der Waals surface area (Å²) in [6.45, 7) is 0.990. The van der Waals surface area contributed by atoms with E-state index in [9.17, 15) is 9.18 Å². The number of anilines is 3. The van der Waals surface area contributed by atoms with Gasteiger partial charge in [0.25, 0.3) is 5.91 Å². The predicted octanol–water partition coefficient (Wildman–Crippen LogP) is 3.99. The Labute approximate surface area is 155 Å². The molecule has 27 heavy (non-hydrogen) atoms. The van der Waals surface area contributed by atoms with E-state index in [0.29, 0.717) is 41.8 Å². The molecule has 0 unspecified atom stereocenters. The number of carbonyl (C=O) groups is 1. The quantitative estimate of drug-likeness (QED) is 0.731. The van der Waals surface area contributed by atoms with Crippen LogP contribution < -0.4 is 20.1 Å². The smallest absolute Gasteiger partial charge is 0.274 e. The first-order valence-electron chi connectivity index (χ1n) is 8.37. The summed E-state index contributed by atoms with van der Waals surface area (Å²) in [5, 5.41) is 5.81. The van der Waals surface area contributed by atoms with E-state index in [4.69, 9.17) is 9.47 Å². The van der Waals surface area contributed by atoms with Crippen molar-refractivity contribution in [1.82, 2.24) is 4.98 Å². The summed E-state index contributed by atoms with van der Waals surface area (Å²) in [5.74, 6) is 0.583. The molecule has 0 saturated heterocycles. The second kappa shape index (κ2) is 7.33. The lowest BCUT2D eigenvalue weighted by Gasteiger charge is -2.19. The van der Waals surface area contributed by atoms with Gasteiger partial charge in [0.1, 0.15) is 24.7 Å². The monoisotopic (exact) mass is 365 g/mol. The lowest BCUT2D eigenvalue weighted by molar-refractivity contribution is 0.102. The molecule has 2 heterocycles. The molecule has 1 aliphatic rings. The number of rotatable bonds is 4. The van der Waals surface area contributed by atoms with Crippen LogP contribution in [0.15, 0.2) is 60.8 Å². The maximum absolute atomic E-state index is 13.2. The number of aromatic nitrogens is 1. The summed E-state index contributed by atoms with van der Waals surface area (Å²) >= 11 is 0. The van der Waals surface area contributed by atoms with Crippen molar-refractivity contribution in [2.45, 2.75) is 0 Å². The number of hydrogen-bond acceptors (Lipinski definition) is 5. The minimum atomic E-state index is -0.344. The first-order valence-corrected chi connectivity index (χ1v) is 8.37. The second-order valence-corrected chi connectivity index (χ2v) is 5.88. The third-order valence-corrected chi connectivity index (χ3v) is 3.91. The topological polar surface area (TPSA) is 72.5 Å². The zero-order valence-corrected chi connectivity index (χ0v) is 14.2. The van der Waals surface area contributed by atoms with Crippen LogP contribution in [0.3, 0.4) is 0 Å².